The van der Waals surface area contributed by atoms with E-state index in [1.807, 2.05) is 32.1 Å². The van der Waals surface area contributed by atoms with E-state index in [1.165, 1.54) is 0 Å². The molecular weight excluding hydrogens is 179 g/mol. The first-order valence-electron chi connectivity index (χ1n) is 4.70. The minimum Gasteiger partial charge on any atom is -0.250 e. The minimum atomic E-state index is -0.144. The average Bonchev–Trinajstić information content (AvgIpc) is 2.08. The number of hydrogen-bond acceptors (Lipinski definition) is 2. The third-order valence-electron chi connectivity index (χ3n) is 2.15. The van der Waals surface area contributed by atoms with Gasteiger partial charge in [0.05, 0.1) is 0 Å². The number of hydrazine groups is 1. The van der Waals surface area contributed by atoms with Crippen LogP contribution in [0.1, 0.15) is 24.1 Å². The fourth-order valence-electron chi connectivity index (χ4n) is 1.34. The maximum Gasteiger partial charge on any atom is 0.126 e. The predicted octanol–water partition coefficient (Wildman–Crippen LogP) is 2.26. The quantitative estimate of drug-likeness (QED) is 0.746. The molecule has 0 amide bonds. The van der Waals surface area contributed by atoms with E-state index in [0.717, 1.165) is 5.56 Å². The molecule has 1 aromatic carbocycles. The van der Waals surface area contributed by atoms with Crippen molar-refractivity contribution in [1.29, 1.82) is 0 Å². The maximum absolute atomic E-state index is 13.2. The van der Waals surface area contributed by atoms with E-state index in [2.05, 4.69) is 5.43 Å². The summed E-state index contributed by atoms with van der Waals surface area (Å²) in [6, 6.07) is 5.45. The summed E-state index contributed by atoms with van der Waals surface area (Å²) in [5, 5.41) is 1.86. The molecule has 0 fully saturated rings. The van der Waals surface area contributed by atoms with Crippen molar-refractivity contribution in [2.75, 3.05) is 14.1 Å². The Kier molecular flexibility index (Phi) is 3.61. The molecule has 1 rings (SSSR count). The zero-order valence-electron chi connectivity index (χ0n) is 9.13. The molecule has 1 aromatic rings. The summed E-state index contributed by atoms with van der Waals surface area (Å²) >= 11 is 0. The lowest BCUT2D eigenvalue weighted by Gasteiger charge is -2.19. The van der Waals surface area contributed by atoms with Crippen LogP contribution >= 0.6 is 0 Å². The lowest BCUT2D eigenvalue weighted by molar-refractivity contribution is 0.252. The van der Waals surface area contributed by atoms with Crippen molar-refractivity contribution in [1.82, 2.24) is 10.4 Å². The molecule has 2 nitrogen and oxygen atoms in total. The van der Waals surface area contributed by atoms with Crippen molar-refractivity contribution >= 4 is 0 Å². The summed E-state index contributed by atoms with van der Waals surface area (Å²) < 4.78 is 13.2. The summed E-state index contributed by atoms with van der Waals surface area (Å²) in [6.45, 7) is 3.77. The third-order valence-corrected chi connectivity index (χ3v) is 2.15. The molecule has 0 aliphatic heterocycles. The molecule has 0 saturated heterocycles. The van der Waals surface area contributed by atoms with E-state index < -0.39 is 0 Å². The lowest BCUT2D eigenvalue weighted by Crippen LogP contribution is -2.32. The second kappa shape index (κ2) is 4.53. The standard InChI is InChI=1S/C11H17FN2/c1-8-5-6-10(7-11(8)12)9(2)13-14(3)4/h5-7,9,13H,1-4H3. The Morgan fingerprint density at radius 3 is 2.50 bits per heavy atom. The van der Waals surface area contributed by atoms with E-state index in [4.69, 9.17) is 0 Å². The van der Waals surface area contributed by atoms with Crippen molar-refractivity contribution in [3.05, 3.63) is 35.1 Å². The van der Waals surface area contributed by atoms with Crippen LogP contribution in [0.3, 0.4) is 0 Å². The Labute approximate surface area is 84.7 Å². The van der Waals surface area contributed by atoms with E-state index in [9.17, 15) is 4.39 Å². The number of nitrogens with zero attached hydrogens (tertiary/aromatic N) is 1. The first kappa shape index (κ1) is 11.1. The topological polar surface area (TPSA) is 15.3 Å². The van der Waals surface area contributed by atoms with Crippen LogP contribution < -0.4 is 5.43 Å². The molecule has 0 heterocycles. The van der Waals surface area contributed by atoms with Gasteiger partial charge in [0.1, 0.15) is 5.82 Å². The fourth-order valence-corrected chi connectivity index (χ4v) is 1.34. The zero-order chi connectivity index (χ0) is 10.7. The van der Waals surface area contributed by atoms with Gasteiger partial charge in [0, 0.05) is 20.1 Å². The van der Waals surface area contributed by atoms with E-state index in [1.54, 1.807) is 19.1 Å². The fraction of sp³-hybridized carbons (Fsp3) is 0.455. The number of benzene rings is 1. The van der Waals surface area contributed by atoms with Gasteiger partial charge in [-0.3, -0.25) is 5.01 Å². The van der Waals surface area contributed by atoms with Crippen molar-refractivity contribution in [2.24, 2.45) is 0 Å². The number of nitrogens with one attached hydrogen (secondary N) is 1. The first-order chi connectivity index (χ1) is 6.50. The monoisotopic (exact) mass is 196 g/mol. The highest BCUT2D eigenvalue weighted by molar-refractivity contribution is 5.25. The highest BCUT2D eigenvalue weighted by Gasteiger charge is 2.07. The number of halogens is 1. The molecule has 0 radical (unpaired) electrons. The SMILES string of the molecule is Cc1ccc(C(C)NN(C)C)cc1F. The Hall–Kier alpha value is -0.930. The molecule has 1 atom stereocenters. The molecule has 1 unspecified atom stereocenters. The van der Waals surface area contributed by atoms with Crippen LogP contribution in [-0.4, -0.2) is 19.1 Å². The summed E-state index contributed by atoms with van der Waals surface area (Å²) in [5.74, 6) is -0.144. The van der Waals surface area contributed by atoms with Gasteiger partial charge in [-0.15, -0.1) is 0 Å². The molecular formula is C11H17FN2. The molecule has 0 saturated carbocycles. The van der Waals surface area contributed by atoms with E-state index >= 15 is 0 Å². The highest BCUT2D eigenvalue weighted by Crippen LogP contribution is 2.16. The summed E-state index contributed by atoms with van der Waals surface area (Å²) in [5.41, 5.74) is 4.82. The van der Waals surface area contributed by atoms with Gasteiger partial charge in [0.2, 0.25) is 0 Å². The molecule has 0 aromatic heterocycles. The van der Waals surface area contributed by atoms with Crippen LogP contribution in [0, 0.1) is 12.7 Å². The van der Waals surface area contributed by atoms with Crippen molar-refractivity contribution in [2.45, 2.75) is 19.9 Å². The number of hydrogen-bond donors (Lipinski definition) is 1. The molecule has 0 aliphatic rings. The molecule has 3 heteroatoms. The Balaban J connectivity index is 2.80. The van der Waals surface area contributed by atoms with Gasteiger partial charge in [0.15, 0.2) is 0 Å². The average molecular weight is 196 g/mol. The van der Waals surface area contributed by atoms with Gasteiger partial charge in [-0.2, -0.15) is 0 Å². The summed E-state index contributed by atoms with van der Waals surface area (Å²) in [7, 11) is 3.84. The molecule has 0 aliphatic carbocycles. The smallest absolute Gasteiger partial charge is 0.126 e. The molecule has 0 bridgehead atoms. The van der Waals surface area contributed by atoms with Crippen molar-refractivity contribution in [3.8, 4) is 0 Å². The molecule has 1 N–H and O–H groups in total. The van der Waals surface area contributed by atoms with Crippen LogP contribution in [-0.2, 0) is 0 Å². The third kappa shape index (κ3) is 2.79. The van der Waals surface area contributed by atoms with Gasteiger partial charge < -0.3 is 0 Å². The van der Waals surface area contributed by atoms with Crippen molar-refractivity contribution in [3.63, 3.8) is 0 Å². The first-order valence-corrected chi connectivity index (χ1v) is 4.70. The second-order valence-electron chi connectivity index (χ2n) is 3.75. The van der Waals surface area contributed by atoms with Gasteiger partial charge in [-0.25, -0.2) is 9.82 Å². The Morgan fingerprint density at radius 1 is 1.36 bits per heavy atom. The van der Waals surface area contributed by atoms with Crippen LogP contribution in [0.2, 0.25) is 0 Å². The maximum atomic E-state index is 13.2. The second-order valence-corrected chi connectivity index (χ2v) is 3.75. The van der Waals surface area contributed by atoms with Crippen LogP contribution in [0.15, 0.2) is 18.2 Å². The predicted molar refractivity (Wildman–Crippen MR) is 56.4 cm³/mol. The normalized spacial score (nSPS) is 13.3. The van der Waals surface area contributed by atoms with Gasteiger partial charge in [0.25, 0.3) is 0 Å². The van der Waals surface area contributed by atoms with Crippen LogP contribution in [0.5, 0.6) is 0 Å². The van der Waals surface area contributed by atoms with E-state index in [-0.39, 0.29) is 11.9 Å². The Morgan fingerprint density at radius 2 is 2.00 bits per heavy atom. The zero-order valence-corrected chi connectivity index (χ0v) is 9.13. The summed E-state index contributed by atoms with van der Waals surface area (Å²) in [6.07, 6.45) is 0. The molecule has 0 spiro atoms. The highest BCUT2D eigenvalue weighted by atomic mass is 19.1. The largest absolute Gasteiger partial charge is 0.250 e. The number of rotatable bonds is 3. The van der Waals surface area contributed by atoms with Crippen LogP contribution in [0.4, 0.5) is 4.39 Å². The summed E-state index contributed by atoms with van der Waals surface area (Å²) in [4.78, 5) is 0. The molecule has 14 heavy (non-hydrogen) atoms. The molecule has 78 valence electrons. The van der Waals surface area contributed by atoms with Crippen LogP contribution in [0.25, 0.3) is 0 Å². The van der Waals surface area contributed by atoms with Gasteiger partial charge in [-0.05, 0) is 31.0 Å². The van der Waals surface area contributed by atoms with E-state index in [0.29, 0.717) is 5.56 Å². The minimum absolute atomic E-state index is 0.125. The Bertz CT molecular complexity index is 310. The number of aryl methyl sites for hydroxylation is 1. The van der Waals surface area contributed by atoms with Gasteiger partial charge >= 0.3 is 0 Å². The van der Waals surface area contributed by atoms with Gasteiger partial charge in [-0.1, -0.05) is 12.1 Å². The van der Waals surface area contributed by atoms with Crippen molar-refractivity contribution < 1.29 is 4.39 Å². The lowest BCUT2D eigenvalue weighted by atomic mass is 10.1.